The van der Waals surface area contributed by atoms with Crippen LogP contribution in [0, 0.1) is 0 Å². The smallest absolute Gasteiger partial charge is 0.414 e. The molecular formula is C19H27N3O7S. The summed E-state index contributed by atoms with van der Waals surface area (Å²) in [6.45, 7) is 6.28. The van der Waals surface area contributed by atoms with Crippen LogP contribution in [0.25, 0.3) is 0 Å². The molecule has 11 heteroatoms. The lowest BCUT2D eigenvalue weighted by Crippen LogP contribution is -2.47. The average molecular weight is 442 g/mol. The first-order valence-corrected chi connectivity index (χ1v) is 10.5. The molecule has 10 nitrogen and oxygen atoms in total. The quantitative estimate of drug-likeness (QED) is 0.447. The minimum absolute atomic E-state index is 0.0509. The van der Waals surface area contributed by atoms with Gasteiger partial charge in [0.1, 0.15) is 5.00 Å². The van der Waals surface area contributed by atoms with Gasteiger partial charge in [-0.25, -0.2) is 14.4 Å². The lowest BCUT2D eigenvalue weighted by Gasteiger charge is -2.31. The molecule has 2 heterocycles. The Balaban J connectivity index is 0.000000469. The van der Waals surface area contributed by atoms with Gasteiger partial charge in [-0.15, -0.1) is 11.3 Å². The van der Waals surface area contributed by atoms with E-state index < -0.39 is 11.9 Å². The van der Waals surface area contributed by atoms with Gasteiger partial charge >= 0.3 is 17.9 Å². The molecule has 3 N–H and O–H groups in total. The number of thiophene rings is 1. The van der Waals surface area contributed by atoms with Crippen LogP contribution in [0.2, 0.25) is 0 Å². The maximum atomic E-state index is 12.4. The predicted octanol–water partition coefficient (Wildman–Crippen LogP) is 0.755. The van der Waals surface area contributed by atoms with Gasteiger partial charge in [0.05, 0.1) is 18.7 Å². The summed E-state index contributed by atoms with van der Waals surface area (Å²) in [5.41, 5.74) is 1.66. The molecule has 0 aromatic carbocycles. The molecule has 3 rings (SSSR count). The van der Waals surface area contributed by atoms with Crippen LogP contribution < -0.4 is 5.32 Å². The number of rotatable bonds is 5. The Bertz CT molecular complexity index is 788. The number of carbonyl (C=O) groups is 4. The van der Waals surface area contributed by atoms with Crippen LogP contribution >= 0.6 is 11.3 Å². The van der Waals surface area contributed by atoms with E-state index in [4.69, 9.17) is 24.5 Å². The van der Waals surface area contributed by atoms with E-state index in [1.165, 1.54) is 16.2 Å². The molecule has 1 saturated heterocycles. The number of carboxylic acid groups (broad SMARTS) is 2. The highest BCUT2D eigenvalue weighted by Crippen LogP contribution is 2.39. The number of esters is 1. The standard InChI is InChI=1S/C17H25N3O3S.C2H2O4/c1-3-23-17(22)15-12-5-4-6-13(12)24-16(15)18-14(21)11-20-9-7-19(2)8-10-20;3-1(4)2(5)6/h3-11H2,1-2H3,(H,18,21);(H,3,4)(H,5,6). The van der Waals surface area contributed by atoms with Crippen LogP contribution in [0.1, 0.15) is 34.1 Å². The van der Waals surface area contributed by atoms with Crippen molar-refractivity contribution in [2.75, 3.05) is 51.7 Å². The molecule has 166 valence electrons. The van der Waals surface area contributed by atoms with E-state index in [9.17, 15) is 9.59 Å². The van der Waals surface area contributed by atoms with Gasteiger partial charge in [0.15, 0.2) is 0 Å². The Labute approximate surface area is 178 Å². The number of aryl methyl sites for hydroxylation is 1. The van der Waals surface area contributed by atoms with Crippen LogP contribution in [0.15, 0.2) is 0 Å². The number of carbonyl (C=O) groups excluding carboxylic acids is 2. The Hall–Kier alpha value is -2.50. The maximum Gasteiger partial charge on any atom is 0.414 e. The highest BCUT2D eigenvalue weighted by Gasteiger charge is 2.28. The van der Waals surface area contributed by atoms with Crippen LogP contribution in [0.4, 0.5) is 5.00 Å². The summed E-state index contributed by atoms with van der Waals surface area (Å²) >= 11 is 1.53. The van der Waals surface area contributed by atoms with Crippen LogP contribution in [-0.4, -0.2) is 90.2 Å². The van der Waals surface area contributed by atoms with E-state index in [1.54, 1.807) is 6.92 Å². The molecular weight excluding hydrogens is 414 g/mol. The van der Waals surface area contributed by atoms with Crippen molar-refractivity contribution in [3.8, 4) is 0 Å². The molecule has 1 aromatic heterocycles. The van der Waals surface area contributed by atoms with Crippen molar-refractivity contribution in [2.24, 2.45) is 0 Å². The van der Waals surface area contributed by atoms with E-state index in [2.05, 4.69) is 22.2 Å². The van der Waals surface area contributed by atoms with E-state index in [1.807, 2.05) is 0 Å². The minimum Gasteiger partial charge on any atom is -0.473 e. The number of aliphatic carboxylic acids is 2. The number of nitrogens with one attached hydrogen (secondary N) is 1. The van der Waals surface area contributed by atoms with E-state index in [0.717, 1.165) is 51.0 Å². The Morgan fingerprint density at radius 3 is 2.27 bits per heavy atom. The van der Waals surface area contributed by atoms with Gasteiger partial charge in [0.25, 0.3) is 0 Å². The number of fused-ring (bicyclic) bond motifs is 1. The van der Waals surface area contributed by atoms with E-state index in [0.29, 0.717) is 23.7 Å². The molecule has 0 spiro atoms. The zero-order chi connectivity index (χ0) is 22.3. The highest BCUT2D eigenvalue weighted by atomic mass is 32.1. The number of ether oxygens (including phenoxy) is 1. The first-order chi connectivity index (χ1) is 14.2. The second-order valence-corrected chi connectivity index (χ2v) is 8.13. The summed E-state index contributed by atoms with van der Waals surface area (Å²) < 4.78 is 5.20. The molecule has 2 aliphatic rings. The minimum atomic E-state index is -1.82. The fourth-order valence-electron chi connectivity index (χ4n) is 3.29. The van der Waals surface area contributed by atoms with Crippen molar-refractivity contribution in [1.29, 1.82) is 0 Å². The SMILES string of the molecule is CCOC(=O)c1c(NC(=O)CN2CCN(C)CC2)sc2c1CCC2.O=C(O)C(=O)O. The third-order valence-corrected chi connectivity index (χ3v) is 6.01. The molecule has 0 atom stereocenters. The normalized spacial score (nSPS) is 16.2. The van der Waals surface area contributed by atoms with Crippen LogP contribution in [0.3, 0.4) is 0 Å². The Kier molecular flexibility index (Phi) is 8.75. The first kappa shape index (κ1) is 23.8. The fourth-order valence-corrected chi connectivity index (χ4v) is 4.58. The Morgan fingerprint density at radius 1 is 1.07 bits per heavy atom. The van der Waals surface area contributed by atoms with Crippen molar-refractivity contribution in [3.63, 3.8) is 0 Å². The van der Waals surface area contributed by atoms with Crippen molar-refractivity contribution < 1.29 is 34.1 Å². The van der Waals surface area contributed by atoms with E-state index >= 15 is 0 Å². The van der Waals surface area contributed by atoms with Gasteiger partial charge in [0, 0.05) is 31.1 Å². The number of anilines is 1. The predicted molar refractivity (Wildman–Crippen MR) is 110 cm³/mol. The molecule has 0 saturated carbocycles. The monoisotopic (exact) mass is 441 g/mol. The van der Waals surface area contributed by atoms with Gasteiger partial charge in [-0.3, -0.25) is 9.69 Å². The lowest BCUT2D eigenvalue weighted by molar-refractivity contribution is -0.159. The molecule has 1 fully saturated rings. The second kappa shape index (κ2) is 11.0. The van der Waals surface area contributed by atoms with Gasteiger partial charge in [0.2, 0.25) is 5.91 Å². The molecule has 0 unspecified atom stereocenters. The number of piperazine rings is 1. The lowest BCUT2D eigenvalue weighted by atomic mass is 10.1. The van der Waals surface area contributed by atoms with Gasteiger partial charge in [-0.05, 0) is 38.8 Å². The number of nitrogens with zero attached hydrogens (tertiary/aromatic N) is 2. The van der Waals surface area contributed by atoms with Crippen molar-refractivity contribution >= 4 is 40.2 Å². The molecule has 1 aliphatic heterocycles. The van der Waals surface area contributed by atoms with Crippen LogP contribution in [0.5, 0.6) is 0 Å². The molecule has 0 bridgehead atoms. The second-order valence-electron chi connectivity index (χ2n) is 7.02. The number of hydrogen-bond acceptors (Lipinski definition) is 8. The summed E-state index contributed by atoms with van der Waals surface area (Å²) in [5, 5.41) is 18.4. The van der Waals surface area contributed by atoms with Crippen molar-refractivity contribution in [1.82, 2.24) is 9.80 Å². The average Bonchev–Trinajstić information content (AvgIpc) is 3.24. The van der Waals surface area contributed by atoms with E-state index in [-0.39, 0.29) is 11.9 Å². The molecule has 0 radical (unpaired) electrons. The topological polar surface area (TPSA) is 136 Å². The maximum absolute atomic E-state index is 12.4. The first-order valence-electron chi connectivity index (χ1n) is 9.71. The highest BCUT2D eigenvalue weighted by molar-refractivity contribution is 7.17. The van der Waals surface area contributed by atoms with Crippen molar-refractivity contribution in [3.05, 3.63) is 16.0 Å². The van der Waals surface area contributed by atoms with Gasteiger partial charge in [-0.2, -0.15) is 0 Å². The summed E-state index contributed by atoms with van der Waals surface area (Å²) in [6, 6.07) is 0. The van der Waals surface area contributed by atoms with Gasteiger partial charge < -0.3 is 25.2 Å². The molecule has 1 aromatic rings. The number of hydrogen-bond donors (Lipinski definition) is 3. The number of carboxylic acids is 2. The zero-order valence-electron chi connectivity index (χ0n) is 17.1. The molecule has 1 amide bonds. The Morgan fingerprint density at radius 2 is 1.70 bits per heavy atom. The largest absolute Gasteiger partial charge is 0.473 e. The van der Waals surface area contributed by atoms with Crippen molar-refractivity contribution in [2.45, 2.75) is 26.2 Å². The fraction of sp³-hybridized carbons (Fsp3) is 0.579. The summed E-state index contributed by atoms with van der Waals surface area (Å²) in [4.78, 5) is 48.6. The summed E-state index contributed by atoms with van der Waals surface area (Å²) in [6.07, 6.45) is 2.96. The summed E-state index contributed by atoms with van der Waals surface area (Å²) in [7, 11) is 2.09. The number of likely N-dealkylation sites (N-methyl/N-ethyl adjacent to an activating group) is 1. The molecule has 30 heavy (non-hydrogen) atoms. The zero-order valence-corrected chi connectivity index (χ0v) is 17.9. The third-order valence-electron chi connectivity index (χ3n) is 4.80. The van der Waals surface area contributed by atoms with Gasteiger partial charge in [-0.1, -0.05) is 0 Å². The number of amides is 1. The summed E-state index contributed by atoms with van der Waals surface area (Å²) in [5.74, 6) is -4.01. The molecule has 1 aliphatic carbocycles. The van der Waals surface area contributed by atoms with Crippen LogP contribution in [-0.2, 0) is 32.0 Å². The third kappa shape index (κ3) is 6.51.